The normalized spacial score (nSPS) is 10.5. The highest BCUT2D eigenvalue weighted by Crippen LogP contribution is 2.19. The van der Waals surface area contributed by atoms with Crippen molar-refractivity contribution in [2.75, 3.05) is 0 Å². The quantitative estimate of drug-likeness (QED) is 0.790. The SMILES string of the molecule is O=C(O)Cc1ccc(-n2nnnc2-c2ccccc2)cc1. The summed E-state index contributed by atoms with van der Waals surface area (Å²) in [5, 5.41) is 20.5. The zero-order valence-corrected chi connectivity index (χ0v) is 11.0. The average molecular weight is 280 g/mol. The Bertz CT molecular complexity index is 751. The van der Waals surface area contributed by atoms with Gasteiger partial charge in [0, 0.05) is 5.56 Å². The largest absolute Gasteiger partial charge is 0.481 e. The van der Waals surface area contributed by atoms with Crippen molar-refractivity contribution in [1.29, 1.82) is 0 Å². The Labute approximate surface area is 120 Å². The Hall–Kier alpha value is -3.02. The molecule has 0 fully saturated rings. The fourth-order valence-corrected chi connectivity index (χ4v) is 2.06. The number of aromatic nitrogens is 4. The van der Waals surface area contributed by atoms with E-state index < -0.39 is 5.97 Å². The smallest absolute Gasteiger partial charge is 0.307 e. The second-order valence-electron chi connectivity index (χ2n) is 4.52. The van der Waals surface area contributed by atoms with Crippen molar-refractivity contribution >= 4 is 5.97 Å². The summed E-state index contributed by atoms with van der Waals surface area (Å²) in [5.74, 6) is -0.211. The van der Waals surface area contributed by atoms with E-state index in [9.17, 15) is 4.79 Å². The molecule has 1 heterocycles. The predicted molar refractivity (Wildman–Crippen MR) is 75.9 cm³/mol. The van der Waals surface area contributed by atoms with Gasteiger partial charge in [-0.3, -0.25) is 4.79 Å². The van der Waals surface area contributed by atoms with E-state index in [1.54, 1.807) is 28.9 Å². The van der Waals surface area contributed by atoms with Gasteiger partial charge in [0.05, 0.1) is 12.1 Å². The molecule has 0 aliphatic rings. The van der Waals surface area contributed by atoms with Crippen molar-refractivity contribution in [1.82, 2.24) is 20.2 Å². The van der Waals surface area contributed by atoms with E-state index in [2.05, 4.69) is 15.5 Å². The molecule has 3 rings (SSSR count). The number of tetrazole rings is 1. The molecule has 0 amide bonds. The molecule has 6 nitrogen and oxygen atoms in total. The zero-order chi connectivity index (χ0) is 14.7. The van der Waals surface area contributed by atoms with Gasteiger partial charge in [0.1, 0.15) is 0 Å². The second-order valence-corrected chi connectivity index (χ2v) is 4.52. The van der Waals surface area contributed by atoms with E-state index >= 15 is 0 Å². The number of benzene rings is 2. The summed E-state index contributed by atoms with van der Waals surface area (Å²) in [6, 6.07) is 16.8. The van der Waals surface area contributed by atoms with Gasteiger partial charge >= 0.3 is 5.97 Å². The third-order valence-electron chi connectivity index (χ3n) is 3.04. The first kappa shape index (κ1) is 13.0. The van der Waals surface area contributed by atoms with Crippen molar-refractivity contribution in [2.45, 2.75) is 6.42 Å². The Kier molecular flexibility index (Phi) is 3.42. The standard InChI is InChI=1S/C15H12N4O2/c20-14(21)10-11-6-8-13(9-7-11)19-15(16-17-18-19)12-4-2-1-3-5-12/h1-9H,10H2,(H,20,21). The number of carbonyl (C=O) groups is 1. The Morgan fingerprint density at radius 1 is 1.05 bits per heavy atom. The molecule has 3 aromatic rings. The number of hydrogen-bond donors (Lipinski definition) is 1. The van der Waals surface area contributed by atoms with Gasteiger partial charge in [-0.25, -0.2) is 0 Å². The van der Waals surface area contributed by atoms with Gasteiger partial charge in [-0.05, 0) is 28.1 Å². The fourth-order valence-electron chi connectivity index (χ4n) is 2.06. The third-order valence-corrected chi connectivity index (χ3v) is 3.04. The number of carboxylic acid groups (broad SMARTS) is 1. The summed E-state index contributed by atoms with van der Waals surface area (Å²) in [6.07, 6.45) is 0.00142. The van der Waals surface area contributed by atoms with E-state index in [1.807, 2.05) is 30.3 Å². The Morgan fingerprint density at radius 2 is 1.76 bits per heavy atom. The summed E-state index contributed by atoms with van der Waals surface area (Å²) in [5.41, 5.74) is 2.44. The zero-order valence-electron chi connectivity index (χ0n) is 11.0. The first-order valence-corrected chi connectivity index (χ1v) is 6.39. The van der Waals surface area contributed by atoms with Gasteiger partial charge in [0.2, 0.25) is 0 Å². The molecular weight excluding hydrogens is 268 g/mol. The van der Waals surface area contributed by atoms with Crippen LogP contribution in [-0.2, 0) is 11.2 Å². The summed E-state index contributed by atoms with van der Waals surface area (Å²) in [7, 11) is 0. The van der Waals surface area contributed by atoms with Crippen molar-refractivity contribution in [3.05, 3.63) is 60.2 Å². The molecular formula is C15H12N4O2. The topological polar surface area (TPSA) is 80.9 Å². The molecule has 0 unspecified atom stereocenters. The van der Waals surface area contributed by atoms with Crippen molar-refractivity contribution in [3.63, 3.8) is 0 Å². The number of hydrogen-bond acceptors (Lipinski definition) is 4. The van der Waals surface area contributed by atoms with Gasteiger partial charge in [0.25, 0.3) is 0 Å². The minimum absolute atomic E-state index is 0.00142. The molecule has 2 aromatic carbocycles. The first-order valence-electron chi connectivity index (χ1n) is 6.39. The van der Waals surface area contributed by atoms with Crippen LogP contribution in [0.3, 0.4) is 0 Å². The Balaban J connectivity index is 1.95. The van der Waals surface area contributed by atoms with Crippen molar-refractivity contribution in [3.8, 4) is 17.1 Å². The first-order chi connectivity index (χ1) is 10.2. The summed E-state index contributed by atoms with van der Waals surface area (Å²) >= 11 is 0. The molecule has 0 radical (unpaired) electrons. The van der Waals surface area contributed by atoms with Crippen molar-refractivity contribution in [2.24, 2.45) is 0 Å². The van der Waals surface area contributed by atoms with Crippen LogP contribution in [0.1, 0.15) is 5.56 Å². The number of nitrogens with zero attached hydrogens (tertiary/aromatic N) is 4. The lowest BCUT2D eigenvalue weighted by atomic mass is 10.1. The molecule has 0 saturated carbocycles. The molecule has 0 aliphatic carbocycles. The lowest BCUT2D eigenvalue weighted by molar-refractivity contribution is -0.136. The molecule has 6 heteroatoms. The van der Waals surface area contributed by atoms with Crippen LogP contribution >= 0.6 is 0 Å². The molecule has 1 N–H and O–H groups in total. The summed E-state index contributed by atoms with van der Waals surface area (Å²) in [4.78, 5) is 10.7. The van der Waals surface area contributed by atoms with E-state index in [0.29, 0.717) is 5.82 Å². The molecule has 21 heavy (non-hydrogen) atoms. The lowest BCUT2D eigenvalue weighted by Gasteiger charge is -2.05. The van der Waals surface area contributed by atoms with Crippen LogP contribution in [-0.4, -0.2) is 31.3 Å². The summed E-state index contributed by atoms with van der Waals surface area (Å²) < 4.78 is 1.62. The van der Waals surface area contributed by atoms with Crippen LogP contribution in [0.5, 0.6) is 0 Å². The second kappa shape index (κ2) is 5.54. The van der Waals surface area contributed by atoms with E-state index in [4.69, 9.17) is 5.11 Å². The Morgan fingerprint density at radius 3 is 2.43 bits per heavy atom. The lowest BCUT2D eigenvalue weighted by Crippen LogP contribution is -2.02. The highest BCUT2D eigenvalue weighted by atomic mass is 16.4. The monoisotopic (exact) mass is 280 g/mol. The molecule has 104 valence electrons. The molecule has 1 aromatic heterocycles. The van der Waals surface area contributed by atoms with Crippen LogP contribution in [0.2, 0.25) is 0 Å². The van der Waals surface area contributed by atoms with Crippen LogP contribution < -0.4 is 0 Å². The molecule has 0 bridgehead atoms. The van der Waals surface area contributed by atoms with Crippen LogP contribution in [0.15, 0.2) is 54.6 Å². The number of carboxylic acids is 1. The average Bonchev–Trinajstić information content (AvgIpc) is 2.98. The van der Waals surface area contributed by atoms with Gasteiger partial charge in [-0.15, -0.1) is 5.10 Å². The van der Waals surface area contributed by atoms with Gasteiger partial charge in [-0.1, -0.05) is 42.5 Å². The number of aliphatic carboxylic acids is 1. The molecule has 0 aliphatic heterocycles. The van der Waals surface area contributed by atoms with Gasteiger partial charge in [-0.2, -0.15) is 4.68 Å². The highest BCUT2D eigenvalue weighted by Gasteiger charge is 2.10. The van der Waals surface area contributed by atoms with E-state index in [0.717, 1.165) is 16.8 Å². The van der Waals surface area contributed by atoms with Crippen LogP contribution in [0.25, 0.3) is 17.1 Å². The summed E-state index contributed by atoms with van der Waals surface area (Å²) in [6.45, 7) is 0. The number of rotatable bonds is 4. The highest BCUT2D eigenvalue weighted by molar-refractivity contribution is 5.70. The molecule has 0 atom stereocenters. The van der Waals surface area contributed by atoms with Crippen molar-refractivity contribution < 1.29 is 9.90 Å². The van der Waals surface area contributed by atoms with Gasteiger partial charge in [0.15, 0.2) is 5.82 Å². The maximum Gasteiger partial charge on any atom is 0.307 e. The van der Waals surface area contributed by atoms with Gasteiger partial charge < -0.3 is 5.11 Å². The fraction of sp³-hybridized carbons (Fsp3) is 0.0667. The molecule has 0 spiro atoms. The van der Waals surface area contributed by atoms with E-state index in [1.165, 1.54) is 0 Å². The molecule has 0 saturated heterocycles. The van der Waals surface area contributed by atoms with Crippen LogP contribution in [0.4, 0.5) is 0 Å². The maximum atomic E-state index is 10.7. The minimum Gasteiger partial charge on any atom is -0.481 e. The maximum absolute atomic E-state index is 10.7. The minimum atomic E-state index is -0.852. The predicted octanol–water partition coefficient (Wildman–Crippen LogP) is 1.96. The van der Waals surface area contributed by atoms with Crippen LogP contribution in [0, 0.1) is 0 Å². The third kappa shape index (κ3) is 2.79. The van der Waals surface area contributed by atoms with E-state index in [-0.39, 0.29) is 6.42 Å².